The molecule has 3 nitrogen and oxygen atoms in total. The first kappa shape index (κ1) is 14.8. The molecular formula is C19H29NO2. The third kappa shape index (κ3) is 1.75. The molecule has 0 saturated heterocycles. The predicted octanol–water partition coefficient (Wildman–Crippen LogP) is 2.59. The van der Waals surface area contributed by atoms with Crippen molar-refractivity contribution in [1.29, 1.82) is 0 Å². The smallest absolute Gasteiger partial charge is 0.0596 e. The Morgan fingerprint density at radius 3 is 2.68 bits per heavy atom. The van der Waals surface area contributed by atoms with Crippen molar-refractivity contribution in [2.24, 2.45) is 40.2 Å². The van der Waals surface area contributed by atoms with Crippen molar-refractivity contribution in [1.82, 2.24) is 0 Å². The maximum atomic E-state index is 10.9. The second kappa shape index (κ2) is 4.61. The monoisotopic (exact) mass is 303 g/mol. The third-order valence-corrected chi connectivity index (χ3v) is 7.85. The number of nitrogens with two attached hydrogens (primary N) is 1. The topological polar surface area (TPSA) is 66.5 Å². The molecule has 0 aliphatic heterocycles. The van der Waals surface area contributed by atoms with E-state index in [0.717, 1.165) is 37.8 Å². The summed E-state index contributed by atoms with van der Waals surface area (Å²) in [5.41, 5.74) is 6.96. The van der Waals surface area contributed by atoms with Gasteiger partial charge in [-0.2, -0.15) is 0 Å². The van der Waals surface area contributed by atoms with E-state index in [9.17, 15) is 10.2 Å². The Labute approximate surface area is 133 Å². The normalized spacial score (nSPS) is 56.8. The fourth-order valence-electron chi connectivity index (χ4n) is 6.43. The highest BCUT2D eigenvalue weighted by Crippen LogP contribution is 2.64. The summed E-state index contributed by atoms with van der Waals surface area (Å²) in [6.45, 7) is 4.61. The average Bonchev–Trinajstić information content (AvgIpc) is 2.77. The molecule has 4 rings (SSSR count). The molecule has 22 heavy (non-hydrogen) atoms. The lowest BCUT2D eigenvalue weighted by Gasteiger charge is -2.59. The molecular weight excluding hydrogens is 274 g/mol. The molecule has 4 aliphatic carbocycles. The van der Waals surface area contributed by atoms with E-state index in [-0.39, 0.29) is 23.0 Å². The van der Waals surface area contributed by atoms with E-state index in [4.69, 9.17) is 5.73 Å². The molecule has 0 spiro atoms. The molecule has 3 unspecified atom stereocenters. The molecule has 3 fully saturated rings. The number of allylic oxidation sites excluding steroid dienone is 3. The van der Waals surface area contributed by atoms with E-state index in [1.165, 1.54) is 0 Å². The van der Waals surface area contributed by atoms with Gasteiger partial charge >= 0.3 is 0 Å². The summed E-state index contributed by atoms with van der Waals surface area (Å²) < 4.78 is 0. The van der Waals surface area contributed by atoms with Crippen molar-refractivity contribution in [2.45, 2.75) is 58.2 Å². The van der Waals surface area contributed by atoms with Crippen LogP contribution in [-0.4, -0.2) is 22.4 Å². The summed E-state index contributed by atoms with van der Waals surface area (Å²) >= 11 is 0. The molecule has 0 aromatic carbocycles. The molecule has 4 N–H and O–H groups in total. The predicted molar refractivity (Wildman–Crippen MR) is 86.7 cm³/mol. The van der Waals surface area contributed by atoms with E-state index >= 15 is 0 Å². The summed E-state index contributed by atoms with van der Waals surface area (Å²) in [5, 5.41) is 21.4. The van der Waals surface area contributed by atoms with E-state index in [1.54, 1.807) is 0 Å². The SMILES string of the molecule is C[C@]12C=CC(N)=CC1CC(O)[C@@H]1[C@H]2CC[C@]2(C)C(O)CC[C@@H]12. The summed E-state index contributed by atoms with van der Waals surface area (Å²) in [6, 6.07) is 0. The fourth-order valence-corrected chi connectivity index (χ4v) is 6.43. The van der Waals surface area contributed by atoms with Gasteiger partial charge in [0.1, 0.15) is 0 Å². The van der Waals surface area contributed by atoms with Crippen LogP contribution >= 0.6 is 0 Å². The number of aliphatic hydroxyl groups excluding tert-OH is 2. The first-order valence-electron chi connectivity index (χ1n) is 8.89. The number of hydrogen-bond acceptors (Lipinski definition) is 3. The van der Waals surface area contributed by atoms with Gasteiger partial charge in [-0.25, -0.2) is 0 Å². The van der Waals surface area contributed by atoms with Gasteiger partial charge in [-0.05, 0) is 72.7 Å². The van der Waals surface area contributed by atoms with Crippen LogP contribution in [0.25, 0.3) is 0 Å². The number of hydrogen-bond donors (Lipinski definition) is 3. The Kier molecular flexibility index (Phi) is 3.09. The maximum absolute atomic E-state index is 10.9. The second-order valence-corrected chi connectivity index (χ2v) is 8.70. The van der Waals surface area contributed by atoms with Crippen molar-refractivity contribution in [3.8, 4) is 0 Å². The number of rotatable bonds is 0. The zero-order chi connectivity index (χ0) is 15.7. The molecule has 3 saturated carbocycles. The van der Waals surface area contributed by atoms with Crippen molar-refractivity contribution < 1.29 is 10.2 Å². The zero-order valence-corrected chi connectivity index (χ0v) is 13.7. The quantitative estimate of drug-likeness (QED) is 0.644. The van der Waals surface area contributed by atoms with E-state index in [1.807, 2.05) is 0 Å². The van der Waals surface area contributed by atoms with Gasteiger partial charge in [0, 0.05) is 5.70 Å². The lowest BCUT2D eigenvalue weighted by Crippen LogP contribution is -2.57. The van der Waals surface area contributed by atoms with Crippen LogP contribution in [-0.2, 0) is 0 Å². The summed E-state index contributed by atoms with van der Waals surface area (Å²) in [5.74, 6) is 1.65. The molecule has 0 heterocycles. The highest BCUT2D eigenvalue weighted by atomic mass is 16.3. The summed E-state index contributed by atoms with van der Waals surface area (Å²) in [4.78, 5) is 0. The first-order chi connectivity index (χ1) is 10.4. The van der Waals surface area contributed by atoms with Crippen molar-refractivity contribution >= 4 is 0 Å². The minimum absolute atomic E-state index is 0.0125. The molecule has 0 aromatic rings. The van der Waals surface area contributed by atoms with Gasteiger partial charge in [0.05, 0.1) is 12.2 Å². The molecule has 0 bridgehead atoms. The second-order valence-electron chi connectivity index (χ2n) is 8.70. The Balaban J connectivity index is 1.72. The average molecular weight is 303 g/mol. The van der Waals surface area contributed by atoms with E-state index in [2.05, 4.69) is 32.1 Å². The Hall–Kier alpha value is -0.800. The van der Waals surface area contributed by atoms with Crippen LogP contribution in [0, 0.1) is 34.5 Å². The Morgan fingerprint density at radius 1 is 1.14 bits per heavy atom. The third-order valence-electron chi connectivity index (χ3n) is 7.85. The molecule has 4 aliphatic rings. The van der Waals surface area contributed by atoms with Gasteiger partial charge in [-0.1, -0.05) is 26.0 Å². The standard InChI is InChI=1S/C19H29NO2/c1-18-7-5-12(20)9-11(18)10-15(21)17-13-3-4-16(22)19(13,2)8-6-14(17)18/h5,7,9,11,13-17,21-22H,3-4,6,8,10,20H2,1-2H3/t11?,13-,14+,15?,16?,17-,18-,19-/m0/s1. The van der Waals surface area contributed by atoms with Crippen LogP contribution in [0.1, 0.15) is 46.0 Å². The van der Waals surface area contributed by atoms with Crippen molar-refractivity contribution in [2.75, 3.05) is 0 Å². The van der Waals surface area contributed by atoms with Gasteiger partial charge in [0.15, 0.2) is 0 Å². The Morgan fingerprint density at radius 2 is 1.91 bits per heavy atom. The van der Waals surface area contributed by atoms with Crippen LogP contribution in [0.15, 0.2) is 23.9 Å². The van der Waals surface area contributed by atoms with Gasteiger partial charge in [-0.15, -0.1) is 0 Å². The van der Waals surface area contributed by atoms with Gasteiger partial charge < -0.3 is 15.9 Å². The lowest BCUT2D eigenvalue weighted by molar-refractivity contribution is -0.137. The highest BCUT2D eigenvalue weighted by Gasteiger charge is 2.61. The fraction of sp³-hybridized carbons (Fsp3) is 0.789. The highest BCUT2D eigenvalue weighted by molar-refractivity contribution is 5.29. The Bertz CT molecular complexity index is 542. The molecule has 122 valence electrons. The van der Waals surface area contributed by atoms with Gasteiger partial charge in [0.25, 0.3) is 0 Å². The largest absolute Gasteiger partial charge is 0.399 e. The van der Waals surface area contributed by atoms with Crippen molar-refractivity contribution in [3.63, 3.8) is 0 Å². The minimum atomic E-state index is -0.256. The molecule has 8 atom stereocenters. The summed E-state index contributed by atoms with van der Waals surface area (Å²) in [7, 11) is 0. The number of aliphatic hydroxyl groups is 2. The molecule has 0 aromatic heterocycles. The van der Waals surface area contributed by atoms with E-state index in [0.29, 0.717) is 23.7 Å². The van der Waals surface area contributed by atoms with Crippen LogP contribution < -0.4 is 5.73 Å². The lowest BCUT2D eigenvalue weighted by atomic mass is 9.46. The van der Waals surface area contributed by atoms with Crippen LogP contribution in [0.2, 0.25) is 0 Å². The van der Waals surface area contributed by atoms with Crippen molar-refractivity contribution in [3.05, 3.63) is 23.9 Å². The maximum Gasteiger partial charge on any atom is 0.0596 e. The van der Waals surface area contributed by atoms with Crippen LogP contribution in [0.3, 0.4) is 0 Å². The first-order valence-corrected chi connectivity index (χ1v) is 8.89. The zero-order valence-electron chi connectivity index (χ0n) is 13.7. The van der Waals surface area contributed by atoms with Gasteiger partial charge in [0.2, 0.25) is 0 Å². The molecule has 0 amide bonds. The van der Waals surface area contributed by atoms with Gasteiger partial charge in [-0.3, -0.25) is 0 Å². The van der Waals surface area contributed by atoms with Crippen LogP contribution in [0.5, 0.6) is 0 Å². The molecule has 3 heteroatoms. The number of fused-ring (bicyclic) bond motifs is 5. The molecule has 0 radical (unpaired) electrons. The van der Waals surface area contributed by atoms with Crippen LogP contribution in [0.4, 0.5) is 0 Å². The van der Waals surface area contributed by atoms with E-state index < -0.39 is 0 Å². The summed E-state index contributed by atoms with van der Waals surface area (Å²) in [6.07, 6.45) is 11.1. The minimum Gasteiger partial charge on any atom is -0.399 e.